The van der Waals surface area contributed by atoms with E-state index in [1.807, 2.05) is 26.0 Å². The molecule has 16 heavy (non-hydrogen) atoms. The average Bonchev–Trinajstić information content (AvgIpc) is 1.76. The lowest BCUT2D eigenvalue weighted by Gasteiger charge is -2.15. The monoisotopic (exact) mass is 264 g/mol. The number of nitrogens with zero attached hydrogens (tertiary/aromatic N) is 1. The van der Waals surface area contributed by atoms with Crippen molar-refractivity contribution in [2.75, 3.05) is 27.7 Å². The van der Waals surface area contributed by atoms with E-state index in [0.29, 0.717) is 6.61 Å². The third-order valence-electron chi connectivity index (χ3n) is 0.437. The summed E-state index contributed by atoms with van der Waals surface area (Å²) in [5.74, 6) is -1.45. The van der Waals surface area contributed by atoms with E-state index < -0.39 is 16.2 Å². The predicted molar refractivity (Wildman–Crippen MR) is 48.3 cm³/mol. The van der Waals surface area contributed by atoms with Gasteiger partial charge in [0.1, 0.15) is 0 Å². The molecule has 0 saturated carbocycles. The molecule has 0 bridgehead atoms. The van der Waals surface area contributed by atoms with E-state index in [9.17, 15) is 0 Å². The summed E-state index contributed by atoms with van der Waals surface area (Å²) in [7, 11) is 1.31. The van der Waals surface area contributed by atoms with E-state index in [-0.39, 0.29) is 0 Å². The van der Waals surface area contributed by atoms with Crippen LogP contribution in [0.1, 0.15) is 13.8 Å². The Morgan fingerprint density at radius 2 is 1.50 bits per heavy atom. The van der Waals surface area contributed by atoms with Crippen LogP contribution < -0.4 is 19.7 Å². The normalized spacial score (nSPS) is 14.2. The summed E-state index contributed by atoms with van der Waals surface area (Å²) in [6.45, 7) is 3.58. The Labute approximate surface area is 97.6 Å². The molecule has 9 heteroatoms. The molecule has 0 amide bonds. The van der Waals surface area contributed by atoms with Gasteiger partial charge < -0.3 is 14.7 Å². The number of nitrogens with two attached hydrogens (primary N) is 1. The van der Waals surface area contributed by atoms with E-state index in [2.05, 4.69) is 4.74 Å². The Kier molecular flexibility index (Phi) is 13.5. The van der Waals surface area contributed by atoms with Crippen LogP contribution in [0.2, 0.25) is 0 Å². The Balaban J connectivity index is -0.000000166. The first kappa shape index (κ1) is 21.3. The van der Waals surface area contributed by atoms with E-state index in [1.54, 1.807) is 6.92 Å². The number of ether oxygens (including phenoxy) is 1. The lowest BCUT2D eigenvalue weighted by molar-refractivity contribution is -1.92. The van der Waals surface area contributed by atoms with Crippen LogP contribution in [-0.2, 0) is 4.74 Å². The zero-order valence-corrected chi connectivity index (χ0v) is 10.9. The van der Waals surface area contributed by atoms with Crippen molar-refractivity contribution in [3.05, 3.63) is 0 Å². The second-order valence-electron chi connectivity index (χ2n) is 3.23. The number of hydrogen-bond donors (Lipinski definition) is 3. The molecule has 8 nitrogen and oxygen atoms in total. The summed E-state index contributed by atoms with van der Waals surface area (Å²) in [6, 6.07) is 0. The molecule has 0 aliphatic heterocycles. The van der Waals surface area contributed by atoms with Crippen LogP contribution in [-0.4, -0.2) is 48.3 Å². The standard InChI is InChI=1S/C4H11NO2.C3H9N.ClHO4/c1-3-7-4(2,5)6;1-4(2)3;2-1(3,4)5/h6H,3,5H2,1-2H3;1-3H3;(H,2,3,4,5). The van der Waals surface area contributed by atoms with E-state index in [0.717, 1.165) is 0 Å². The highest BCUT2D eigenvalue weighted by Crippen LogP contribution is 1.91. The molecule has 1 atom stereocenters. The molecule has 0 aliphatic carbocycles. The van der Waals surface area contributed by atoms with Crippen LogP contribution in [0.15, 0.2) is 0 Å². The van der Waals surface area contributed by atoms with Gasteiger partial charge in [-0.05, 0) is 28.1 Å². The minimum absolute atomic E-state index is 0.434. The smallest absolute Gasteiger partial charge is 0.219 e. The van der Waals surface area contributed by atoms with Crippen LogP contribution in [0.25, 0.3) is 0 Å². The second-order valence-corrected chi connectivity index (χ2v) is 4.02. The SMILES string of the molecule is CCOC(C)(N)O.CN(C)C.[O-][Cl+3]([O-])([O-])O. The van der Waals surface area contributed by atoms with Gasteiger partial charge in [0.05, 0.1) is 14.9 Å². The average molecular weight is 265 g/mol. The quantitative estimate of drug-likeness (QED) is 0.424. The van der Waals surface area contributed by atoms with Gasteiger partial charge in [0.2, 0.25) is 5.91 Å². The molecule has 0 saturated heterocycles. The van der Waals surface area contributed by atoms with Crippen LogP contribution in [0.3, 0.4) is 0 Å². The van der Waals surface area contributed by atoms with Crippen LogP contribution in [0.4, 0.5) is 0 Å². The number of rotatable bonds is 2. The largest absolute Gasteiger partial charge is 0.354 e. The minimum atomic E-state index is -4.69. The fraction of sp³-hybridized carbons (Fsp3) is 1.00. The molecule has 0 aromatic heterocycles. The maximum atomic E-state index is 8.60. The molecule has 0 aromatic carbocycles. The summed E-state index contributed by atoms with van der Waals surface area (Å²) < 4.78 is 37.3. The molecule has 0 spiro atoms. The summed E-state index contributed by atoms with van der Waals surface area (Å²) in [6.07, 6.45) is 0. The van der Waals surface area contributed by atoms with Gasteiger partial charge in [0, 0.05) is 13.5 Å². The first-order valence-electron chi connectivity index (χ1n) is 4.19. The molecule has 0 radical (unpaired) electrons. The molecule has 4 N–H and O–H groups in total. The van der Waals surface area contributed by atoms with E-state index in [1.165, 1.54) is 6.92 Å². The number of hydrogen-bond acceptors (Lipinski definition) is 8. The molecule has 0 aromatic rings. The van der Waals surface area contributed by atoms with Crippen molar-refractivity contribution >= 4 is 0 Å². The van der Waals surface area contributed by atoms with E-state index in [4.69, 9.17) is 29.5 Å². The predicted octanol–water partition coefficient (Wildman–Crippen LogP) is -4.30. The van der Waals surface area contributed by atoms with Gasteiger partial charge in [-0.1, -0.05) is 0 Å². The number of aliphatic hydroxyl groups is 1. The molecule has 102 valence electrons. The van der Waals surface area contributed by atoms with Crippen molar-refractivity contribution in [2.45, 2.75) is 19.8 Å². The molecule has 0 aliphatic rings. The summed E-state index contributed by atoms with van der Waals surface area (Å²) >= 11 is 0. The fourth-order valence-electron chi connectivity index (χ4n) is 0.292. The van der Waals surface area contributed by atoms with Gasteiger partial charge in [-0.25, -0.2) is 0 Å². The molecular weight excluding hydrogens is 244 g/mol. The molecule has 0 heterocycles. The first-order valence-corrected chi connectivity index (χ1v) is 5.45. The van der Waals surface area contributed by atoms with Gasteiger partial charge in [-0.15, -0.1) is 0 Å². The Morgan fingerprint density at radius 3 is 1.50 bits per heavy atom. The first-order chi connectivity index (χ1) is 6.79. The maximum Gasteiger partial charge on any atom is 0.219 e. The topological polar surface area (TPSA) is 148 Å². The van der Waals surface area contributed by atoms with Crippen molar-refractivity contribution in [2.24, 2.45) is 5.73 Å². The summed E-state index contributed by atoms with van der Waals surface area (Å²) in [4.78, 5) is 2.00. The van der Waals surface area contributed by atoms with Crippen molar-refractivity contribution in [1.29, 1.82) is 0 Å². The third-order valence-corrected chi connectivity index (χ3v) is 0.437. The number of halogens is 1. The lowest BCUT2D eigenvalue weighted by atomic mass is 10.6. The maximum absolute atomic E-state index is 8.60. The molecule has 0 fully saturated rings. The van der Waals surface area contributed by atoms with Gasteiger partial charge in [0.25, 0.3) is 0 Å². The van der Waals surface area contributed by atoms with E-state index >= 15 is 0 Å². The van der Waals surface area contributed by atoms with Gasteiger partial charge >= 0.3 is 0 Å². The van der Waals surface area contributed by atoms with Crippen LogP contribution in [0.5, 0.6) is 0 Å². The van der Waals surface area contributed by atoms with Crippen LogP contribution in [0, 0.1) is 10.2 Å². The van der Waals surface area contributed by atoms with Crippen molar-refractivity contribution in [1.82, 2.24) is 4.90 Å². The van der Waals surface area contributed by atoms with Gasteiger partial charge in [-0.2, -0.15) is 14.0 Å². The highest BCUT2D eigenvalue weighted by Gasteiger charge is 2.09. The highest BCUT2D eigenvalue weighted by molar-refractivity contribution is 4.41. The summed E-state index contributed by atoms with van der Waals surface area (Å²) in [5.41, 5.74) is 4.98. The Bertz CT molecular complexity index is 136. The van der Waals surface area contributed by atoms with Crippen LogP contribution >= 0.6 is 0 Å². The van der Waals surface area contributed by atoms with Crippen molar-refractivity contribution < 1.29 is 38.7 Å². The zero-order chi connectivity index (χ0) is 14.0. The van der Waals surface area contributed by atoms with Gasteiger partial charge in [0.15, 0.2) is 0 Å². The molecule has 1 unspecified atom stereocenters. The Hall–Kier alpha value is -0.0300. The lowest BCUT2D eigenvalue weighted by Crippen LogP contribution is -2.58. The third kappa shape index (κ3) is 149. The van der Waals surface area contributed by atoms with Crippen molar-refractivity contribution in [3.63, 3.8) is 0 Å². The van der Waals surface area contributed by atoms with Gasteiger partial charge in [-0.3, -0.25) is 5.73 Å². The van der Waals surface area contributed by atoms with Crippen molar-refractivity contribution in [3.8, 4) is 0 Å². The fourth-order valence-corrected chi connectivity index (χ4v) is 0.292. The zero-order valence-electron chi connectivity index (χ0n) is 10.1. The molecule has 0 rings (SSSR count). The second kappa shape index (κ2) is 10.1. The minimum Gasteiger partial charge on any atom is -0.354 e. The Morgan fingerprint density at radius 1 is 1.31 bits per heavy atom. The highest BCUT2D eigenvalue weighted by atomic mass is 35.7. The summed E-state index contributed by atoms with van der Waals surface area (Å²) in [5, 5.41) is 8.57. The molecular formula is C7H21ClN2O6.